The van der Waals surface area contributed by atoms with Crippen molar-refractivity contribution >= 4 is 11.4 Å². The van der Waals surface area contributed by atoms with Gasteiger partial charge < -0.3 is 0 Å². The Morgan fingerprint density at radius 2 is 0.833 bits per heavy atom. The second-order valence-electron chi connectivity index (χ2n) is 4.90. The Labute approximate surface area is 114 Å². The van der Waals surface area contributed by atoms with Gasteiger partial charge in [-0.3, -0.25) is 9.98 Å². The zero-order valence-corrected chi connectivity index (χ0v) is 13.0. The summed E-state index contributed by atoms with van der Waals surface area (Å²) in [6.07, 6.45) is 9.47. The summed E-state index contributed by atoms with van der Waals surface area (Å²) in [4.78, 5) is 9.41. The van der Waals surface area contributed by atoms with E-state index in [1.807, 2.05) is 0 Å². The van der Waals surface area contributed by atoms with Crippen LogP contribution in [0.3, 0.4) is 0 Å². The topological polar surface area (TPSA) is 24.7 Å². The Hall–Kier alpha value is -0.660. The lowest BCUT2D eigenvalue weighted by Crippen LogP contribution is -2.03. The van der Waals surface area contributed by atoms with E-state index in [0.29, 0.717) is 0 Å². The monoisotopic (exact) mass is 252 g/mol. The quantitative estimate of drug-likeness (QED) is 0.362. The molecular formula is C16H32N2. The Morgan fingerprint density at radius 3 is 1.06 bits per heavy atom. The molecule has 0 heterocycles. The molecule has 0 radical (unpaired) electrons. The fourth-order valence-electron chi connectivity index (χ4n) is 2.14. The van der Waals surface area contributed by atoms with Crippen LogP contribution in [0.4, 0.5) is 0 Å². The molecule has 0 spiro atoms. The van der Waals surface area contributed by atoms with Crippen LogP contribution in [-0.2, 0) is 0 Å². The molecule has 0 aromatic carbocycles. The molecule has 0 aromatic heterocycles. The van der Waals surface area contributed by atoms with Crippen molar-refractivity contribution in [3.05, 3.63) is 0 Å². The van der Waals surface area contributed by atoms with E-state index in [0.717, 1.165) is 38.8 Å². The van der Waals surface area contributed by atoms with Crippen LogP contribution in [0.2, 0.25) is 0 Å². The molecule has 0 aliphatic carbocycles. The first kappa shape index (κ1) is 17.3. The predicted octanol–water partition coefficient (Wildman–Crippen LogP) is 5.07. The molecule has 0 N–H and O–H groups in total. The van der Waals surface area contributed by atoms with Crippen LogP contribution in [0.5, 0.6) is 0 Å². The van der Waals surface area contributed by atoms with Gasteiger partial charge in [-0.2, -0.15) is 0 Å². The van der Waals surface area contributed by atoms with E-state index in [9.17, 15) is 0 Å². The fourth-order valence-corrected chi connectivity index (χ4v) is 2.14. The lowest BCUT2D eigenvalue weighted by atomic mass is 10.1. The summed E-state index contributed by atoms with van der Waals surface area (Å²) in [5.41, 5.74) is 2.78. The number of nitrogens with zero attached hydrogens (tertiary/aromatic N) is 2. The number of hydrogen-bond donors (Lipinski definition) is 0. The van der Waals surface area contributed by atoms with Gasteiger partial charge in [0.25, 0.3) is 0 Å². The normalized spacial score (nSPS) is 10.2. The third-order valence-corrected chi connectivity index (χ3v) is 2.93. The summed E-state index contributed by atoms with van der Waals surface area (Å²) in [5.74, 6) is 0. The molecule has 0 amide bonds. The SMILES string of the molecule is CCCC(CCC)=NCCN=C(CCC)CCC. The van der Waals surface area contributed by atoms with Crippen LogP contribution >= 0.6 is 0 Å². The maximum atomic E-state index is 4.70. The molecule has 106 valence electrons. The third kappa shape index (κ3) is 9.38. The first-order chi connectivity index (χ1) is 8.78. The Bertz CT molecular complexity index is 199. The van der Waals surface area contributed by atoms with Crippen molar-refractivity contribution in [3.63, 3.8) is 0 Å². The summed E-state index contributed by atoms with van der Waals surface area (Å²) in [5, 5.41) is 0. The highest BCUT2D eigenvalue weighted by atomic mass is 14.8. The van der Waals surface area contributed by atoms with Crippen LogP contribution in [0, 0.1) is 0 Å². The highest BCUT2D eigenvalue weighted by molar-refractivity contribution is 5.85. The van der Waals surface area contributed by atoms with Crippen LogP contribution in [0.15, 0.2) is 9.98 Å². The van der Waals surface area contributed by atoms with Crippen LogP contribution in [-0.4, -0.2) is 24.5 Å². The molecule has 18 heavy (non-hydrogen) atoms. The van der Waals surface area contributed by atoms with E-state index in [1.54, 1.807) is 0 Å². The molecule has 0 bridgehead atoms. The van der Waals surface area contributed by atoms with E-state index < -0.39 is 0 Å². The van der Waals surface area contributed by atoms with E-state index in [4.69, 9.17) is 9.98 Å². The highest BCUT2D eigenvalue weighted by Crippen LogP contribution is 2.02. The van der Waals surface area contributed by atoms with Gasteiger partial charge in [0.1, 0.15) is 0 Å². The van der Waals surface area contributed by atoms with Crippen LogP contribution in [0.1, 0.15) is 79.1 Å². The average Bonchev–Trinajstić information content (AvgIpc) is 2.35. The second-order valence-corrected chi connectivity index (χ2v) is 4.90. The Balaban J connectivity index is 4.10. The van der Waals surface area contributed by atoms with E-state index in [-0.39, 0.29) is 0 Å². The molecule has 0 saturated carbocycles. The molecule has 0 fully saturated rings. The van der Waals surface area contributed by atoms with Gasteiger partial charge in [0.05, 0.1) is 13.1 Å². The molecule has 0 aliphatic heterocycles. The minimum atomic E-state index is 0.881. The highest BCUT2D eigenvalue weighted by Gasteiger charge is 1.98. The number of rotatable bonds is 11. The molecule has 2 nitrogen and oxygen atoms in total. The second kappa shape index (κ2) is 12.8. The molecule has 0 saturated heterocycles. The zero-order chi connectivity index (χ0) is 13.6. The van der Waals surface area contributed by atoms with Gasteiger partial charge in [-0.1, -0.05) is 53.4 Å². The van der Waals surface area contributed by atoms with Gasteiger partial charge >= 0.3 is 0 Å². The van der Waals surface area contributed by atoms with Gasteiger partial charge in [-0.25, -0.2) is 0 Å². The standard InChI is InChI=1S/C16H32N2/c1-5-9-15(10-6-2)17-13-14-18-16(11-7-3)12-8-4/h5-14H2,1-4H3. The molecule has 0 unspecified atom stereocenters. The molecule has 0 rings (SSSR count). The van der Waals surface area contributed by atoms with E-state index in [2.05, 4.69) is 27.7 Å². The van der Waals surface area contributed by atoms with Crippen molar-refractivity contribution in [2.75, 3.05) is 13.1 Å². The van der Waals surface area contributed by atoms with Gasteiger partial charge in [0, 0.05) is 11.4 Å². The maximum absolute atomic E-state index is 4.70. The zero-order valence-electron chi connectivity index (χ0n) is 13.0. The van der Waals surface area contributed by atoms with Gasteiger partial charge in [-0.05, 0) is 25.7 Å². The summed E-state index contributed by atoms with van der Waals surface area (Å²) < 4.78 is 0. The van der Waals surface area contributed by atoms with Crippen molar-refractivity contribution in [1.82, 2.24) is 0 Å². The van der Waals surface area contributed by atoms with E-state index >= 15 is 0 Å². The predicted molar refractivity (Wildman–Crippen MR) is 84.2 cm³/mol. The maximum Gasteiger partial charge on any atom is 0.0584 e. The van der Waals surface area contributed by atoms with Crippen LogP contribution in [0.25, 0.3) is 0 Å². The number of aliphatic imine (C=N–C) groups is 2. The molecule has 0 atom stereocenters. The van der Waals surface area contributed by atoms with Crippen LogP contribution < -0.4 is 0 Å². The first-order valence-corrected chi connectivity index (χ1v) is 7.82. The molecule has 2 heteroatoms. The third-order valence-electron chi connectivity index (χ3n) is 2.93. The van der Waals surface area contributed by atoms with Crippen molar-refractivity contribution in [1.29, 1.82) is 0 Å². The van der Waals surface area contributed by atoms with Crippen molar-refractivity contribution in [2.45, 2.75) is 79.1 Å². The first-order valence-electron chi connectivity index (χ1n) is 7.82. The van der Waals surface area contributed by atoms with Crippen molar-refractivity contribution in [3.8, 4) is 0 Å². The van der Waals surface area contributed by atoms with Crippen molar-refractivity contribution in [2.24, 2.45) is 9.98 Å². The number of hydrogen-bond acceptors (Lipinski definition) is 2. The minimum Gasteiger partial charge on any atom is -0.292 e. The smallest absolute Gasteiger partial charge is 0.0584 e. The fraction of sp³-hybridized carbons (Fsp3) is 0.875. The molecular weight excluding hydrogens is 220 g/mol. The minimum absolute atomic E-state index is 0.881. The summed E-state index contributed by atoms with van der Waals surface area (Å²) in [6, 6.07) is 0. The van der Waals surface area contributed by atoms with Gasteiger partial charge in [-0.15, -0.1) is 0 Å². The Morgan fingerprint density at radius 1 is 0.556 bits per heavy atom. The van der Waals surface area contributed by atoms with Gasteiger partial charge in [0.2, 0.25) is 0 Å². The lowest BCUT2D eigenvalue weighted by molar-refractivity contribution is 0.865. The van der Waals surface area contributed by atoms with E-state index in [1.165, 1.54) is 37.1 Å². The summed E-state index contributed by atoms with van der Waals surface area (Å²) in [6.45, 7) is 10.7. The summed E-state index contributed by atoms with van der Waals surface area (Å²) in [7, 11) is 0. The van der Waals surface area contributed by atoms with Gasteiger partial charge in [0.15, 0.2) is 0 Å². The molecule has 0 aliphatic rings. The lowest BCUT2D eigenvalue weighted by Gasteiger charge is -2.05. The average molecular weight is 252 g/mol. The largest absolute Gasteiger partial charge is 0.292 e. The van der Waals surface area contributed by atoms with Crippen molar-refractivity contribution < 1.29 is 0 Å². The summed E-state index contributed by atoms with van der Waals surface area (Å²) >= 11 is 0. The molecule has 0 aromatic rings. The Kier molecular flexibility index (Phi) is 12.3.